The maximum Gasteiger partial charge on any atom is 0.255 e. The van der Waals surface area contributed by atoms with E-state index in [2.05, 4.69) is 65.5 Å². The molecule has 0 saturated carbocycles. The zero-order valence-corrected chi connectivity index (χ0v) is 23.0. The van der Waals surface area contributed by atoms with Crippen molar-refractivity contribution in [3.63, 3.8) is 0 Å². The Morgan fingerprint density at radius 2 is 1.60 bits per heavy atom. The van der Waals surface area contributed by atoms with Crippen LogP contribution in [0.15, 0.2) is 84.9 Å². The highest BCUT2D eigenvalue weighted by Gasteiger charge is 2.16. The second-order valence-corrected chi connectivity index (χ2v) is 11.0. The second kappa shape index (κ2) is 10.5. The molecule has 8 nitrogen and oxygen atoms in total. The molecular formula is C32H32N6O2. The lowest BCUT2D eigenvalue weighted by Crippen LogP contribution is -2.36. The van der Waals surface area contributed by atoms with E-state index in [1.54, 1.807) is 4.52 Å². The Bertz CT molecular complexity index is 1650. The molecule has 1 aliphatic heterocycles. The van der Waals surface area contributed by atoms with Gasteiger partial charge in [-0.3, -0.25) is 4.79 Å². The number of carbonyl (C=O) groups excluding carboxylic acids is 1. The summed E-state index contributed by atoms with van der Waals surface area (Å²) in [6.07, 6.45) is 0. The summed E-state index contributed by atoms with van der Waals surface area (Å²) in [5.41, 5.74) is 6.95. The minimum atomic E-state index is -0.150. The summed E-state index contributed by atoms with van der Waals surface area (Å²) in [7, 11) is 0. The Morgan fingerprint density at radius 1 is 0.850 bits per heavy atom. The maximum absolute atomic E-state index is 12.9. The molecule has 1 fully saturated rings. The number of rotatable bonds is 5. The highest BCUT2D eigenvalue weighted by atomic mass is 16.5. The number of nitrogens with zero attached hydrogens (tertiary/aromatic N) is 5. The van der Waals surface area contributed by atoms with Crippen molar-refractivity contribution in [2.45, 2.75) is 26.2 Å². The van der Waals surface area contributed by atoms with Crippen molar-refractivity contribution in [2.24, 2.45) is 0 Å². The van der Waals surface area contributed by atoms with Gasteiger partial charge in [0, 0.05) is 41.2 Å². The highest BCUT2D eigenvalue weighted by Crippen LogP contribution is 2.26. The van der Waals surface area contributed by atoms with Gasteiger partial charge >= 0.3 is 0 Å². The van der Waals surface area contributed by atoms with E-state index >= 15 is 0 Å². The lowest BCUT2D eigenvalue weighted by Gasteiger charge is -2.28. The lowest BCUT2D eigenvalue weighted by molar-refractivity contribution is 0.102. The summed E-state index contributed by atoms with van der Waals surface area (Å²) in [5.74, 6) is 0.524. The highest BCUT2D eigenvalue weighted by molar-refractivity contribution is 6.04. The molecule has 2 aromatic heterocycles. The van der Waals surface area contributed by atoms with Crippen LogP contribution in [0.2, 0.25) is 0 Å². The van der Waals surface area contributed by atoms with Crippen LogP contribution in [0.4, 0.5) is 11.4 Å². The van der Waals surface area contributed by atoms with Gasteiger partial charge < -0.3 is 15.0 Å². The molecule has 3 aromatic carbocycles. The summed E-state index contributed by atoms with van der Waals surface area (Å²) in [6, 6.07) is 27.6. The minimum Gasteiger partial charge on any atom is -0.378 e. The van der Waals surface area contributed by atoms with Crippen LogP contribution in [-0.4, -0.2) is 52.0 Å². The van der Waals surface area contributed by atoms with Crippen LogP contribution in [0.1, 0.15) is 36.7 Å². The minimum absolute atomic E-state index is 0.0361. The van der Waals surface area contributed by atoms with Crippen molar-refractivity contribution < 1.29 is 9.53 Å². The fourth-order valence-corrected chi connectivity index (χ4v) is 4.85. The molecule has 5 aromatic rings. The van der Waals surface area contributed by atoms with E-state index in [0.29, 0.717) is 22.7 Å². The van der Waals surface area contributed by atoms with E-state index in [0.717, 1.165) is 43.1 Å². The molecule has 0 aliphatic carbocycles. The van der Waals surface area contributed by atoms with Gasteiger partial charge in [-0.1, -0.05) is 45.0 Å². The normalized spacial score (nSPS) is 13.9. The predicted molar refractivity (Wildman–Crippen MR) is 158 cm³/mol. The molecule has 6 rings (SSSR count). The molecule has 0 unspecified atom stereocenters. The Hall–Kier alpha value is -4.56. The van der Waals surface area contributed by atoms with Crippen molar-refractivity contribution >= 4 is 22.9 Å². The van der Waals surface area contributed by atoms with Crippen LogP contribution in [0.3, 0.4) is 0 Å². The standard InChI is InChI=1S/C32H32N6O2/c1-32(2,3)25-11-7-23(8-12-25)31(39)33-26-6-4-5-24(21-26)28-15-16-29-34-35-30(38(29)36-28)22-9-13-27(14-10-22)37-17-19-40-20-18-37/h4-16,21H,17-20H2,1-3H3,(H,33,39). The number of aromatic nitrogens is 4. The second-order valence-electron chi connectivity index (χ2n) is 11.0. The van der Waals surface area contributed by atoms with Crippen LogP contribution >= 0.6 is 0 Å². The van der Waals surface area contributed by atoms with Gasteiger partial charge in [-0.25, -0.2) is 0 Å². The third-order valence-corrected chi connectivity index (χ3v) is 7.19. The first-order chi connectivity index (χ1) is 19.3. The average Bonchev–Trinajstić information content (AvgIpc) is 3.41. The number of amides is 1. The zero-order valence-electron chi connectivity index (χ0n) is 23.0. The van der Waals surface area contributed by atoms with Crippen molar-refractivity contribution in [3.8, 4) is 22.6 Å². The molecule has 1 saturated heterocycles. The summed E-state index contributed by atoms with van der Waals surface area (Å²) in [4.78, 5) is 15.3. The molecular weight excluding hydrogens is 500 g/mol. The Balaban J connectivity index is 1.23. The Labute approximate surface area is 233 Å². The summed E-state index contributed by atoms with van der Waals surface area (Å²) in [6.45, 7) is 9.75. The quantitative estimate of drug-likeness (QED) is 0.306. The molecule has 0 atom stereocenters. The molecule has 3 heterocycles. The number of hydrogen-bond donors (Lipinski definition) is 1. The van der Waals surface area contributed by atoms with Crippen molar-refractivity contribution in [1.82, 2.24) is 19.8 Å². The lowest BCUT2D eigenvalue weighted by atomic mass is 9.87. The van der Waals surface area contributed by atoms with Crippen LogP contribution in [-0.2, 0) is 10.2 Å². The average molecular weight is 533 g/mol. The number of anilines is 2. The third-order valence-electron chi connectivity index (χ3n) is 7.19. The smallest absolute Gasteiger partial charge is 0.255 e. The number of hydrogen-bond acceptors (Lipinski definition) is 6. The van der Waals surface area contributed by atoms with Crippen LogP contribution in [0.25, 0.3) is 28.3 Å². The molecule has 1 N–H and O–H groups in total. The number of ether oxygens (including phenoxy) is 1. The van der Waals surface area contributed by atoms with Crippen molar-refractivity contribution in [1.29, 1.82) is 0 Å². The molecule has 40 heavy (non-hydrogen) atoms. The first kappa shape index (κ1) is 25.7. The summed E-state index contributed by atoms with van der Waals surface area (Å²) < 4.78 is 7.23. The molecule has 1 amide bonds. The van der Waals surface area contributed by atoms with Gasteiger partial charge in [0.15, 0.2) is 11.5 Å². The predicted octanol–water partition coefficient (Wildman–Crippen LogP) is 5.84. The van der Waals surface area contributed by atoms with Gasteiger partial charge in [0.25, 0.3) is 5.91 Å². The molecule has 0 bridgehead atoms. The number of nitrogens with one attached hydrogen (secondary N) is 1. The van der Waals surface area contributed by atoms with E-state index in [4.69, 9.17) is 9.84 Å². The van der Waals surface area contributed by atoms with Gasteiger partial charge in [0.05, 0.1) is 18.9 Å². The van der Waals surface area contributed by atoms with Gasteiger partial charge in [0.1, 0.15) is 0 Å². The maximum atomic E-state index is 12.9. The van der Waals surface area contributed by atoms with E-state index in [1.165, 1.54) is 11.3 Å². The largest absolute Gasteiger partial charge is 0.378 e. The van der Waals surface area contributed by atoms with E-state index < -0.39 is 0 Å². The van der Waals surface area contributed by atoms with Gasteiger partial charge in [0.2, 0.25) is 0 Å². The molecule has 0 spiro atoms. The van der Waals surface area contributed by atoms with E-state index in [9.17, 15) is 4.79 Å². The van der Waals surface area contributed by atoms with E-state index in [-0.39, 0.29) is 11.3 Å². The van der Waals surface area contributed by atoms with Crippen molar-refractivity contribution in [2.75, 3.05) is 36.5 Å². The van der Waals surface area contributed by atoms with E-state index in [1.807, 2.05) is 60.7 Å². The van der Waals surface area contributed by atoms with Gasteiger partial charge in [-0.05, 0) is 71.6 Å². The van der Waals surface area contributed by atoms with Crippen LogP contribution < -0.4 is 10.2 Å². The van der Waals surface area contributed by atoms with Crippen LogP contribution in [0.5, 0.6) is 0 Å². The number of carbonyl (C=O) groups is 1. The topological polar surface area (TPSA) is 84.7 Å². The Kier molecular flexibility index (Phi) is 6.77. The first-order valence-corrected chi connectivity index (χ1v) is 13.5. The monoisotopic (exact) mass is 532 g/mol. The zero-order chi connectivity index (χ0) is 27.7. The molecule has 0 radical (unpaired) electrons. The summed E-state index contributed by atoms with van der Waals surface area (Å²) in [5, 5.41) is 16.6. The fraction of sp³-hybridized carbons (Fsp3) is 0.250. The number of fused-ring (bicyclic) bond motifs is 1. The van der Waals surface area contributed by atoms with Crippen molar-refractivity contribution in [3.05, 3.63) is 96.1 Å². The van der Waals surface area contributed by atoms with Gasteiger partial charge in [-0.15, -0.1) is 10.2 Å². The number of morpholine rings is 1. The molecule has 1 aliphatic rings. The van der Waals surface area contributed by atoms with Crippen LogP contribution in [0, 0.1) is 0 Å². The Morgan fingerprint density at radius 3 is 2.33 bits per heavy atom. The third kappa shape index (κ3) is 5.31. The molecule has 8 heteroatoms. The number of benzene rings is 3. The summed E-state index contributed by atoms with van der Waals surface area (Å²) >= 11 is 0. The van der Waals surface area contributed by atoms with Gasteiger partial charge in [-0.2, -0.15) is 9.61 Å². The molecule has 202 valence electrons. The SMILES string of the molecule is CC(C)(C)c1ccc(C(=O)Nc2cccc(-c3ccc4nnc(-c5ccc(N6CCOCC6)cc5)n4n3)c2)cc1. The first-order valence-electron chi connectivity index (χ1n) is 13.5. The fourth-order valence-electron chi connectivity index (χ4n) is 4.85.